The Morgan fingerprint density at radius 1 is 1.29 bits per heavy atom. The van der Waals surface area contributed by atoms with Crippen LogP contribution in [0.1, 0.15) is 24.7 Å². The van der Waals surface area contributed by atoms with E-state index < -0.39 is 12.8 Å². The highest BCUT2D eigenvalue weighted by atomic mass is 19.4. The molecule has 0 aliphatic rings. The summed E-state index contributed by atoms with van der Waals surface area (Å²) in [7, 11) is 0. The van der Waals surface area contributed by atoms with Crippen molar-refractivity contribution < 1.29 is 22.4 Å². The highest BCUT2D eigenvalue weighted by molar-refractivity contribution is 5.47. The van der Waals surface area contributed by atoms with E-state index in [1.807, 2.05) is 6.92 Å². The topological polar surface area (TPSA) is 60.2 Å². The molecule has 0 aliphatic heterocycles. The van der Waals surface area contributed by atoms with E-state index in [4.69, 9.17) is 4.52 Å². The number of nitrogens with zero attached hydrogens (tertiary/aromatic N) is 2. The van der Waals surface area contributed by atoms with Crippen LogP contribution < -0.4 is 10.1 Å². The third kappa shape index (κ3) is 4.66. The van der Waals surface area contributed by atoms with Crippen LogP contribution in [0.15, 0.2) is 28.8 Å². The summed E-state index contributed by atoms with van der Waals surface area (Å²) >= 11 is 0. The van der Waals surface area contributed by atoms with Gasteiger partial charge in [0.05, 0.1) is 0 Å². The minimum Gasteiger partial charge on any atom is -0.484 e. The number of hydrogen-bond donors (Lipinski definition) is 1. The van der Waals surface area contributed by atoms with Crippen molar-refractivity contribution in [1.29, 1.82) is 0 Å². The van der Waals surface area contributed by atoms with Crippen LogP contribution in [-0.2, 0) is 0 Å². The van der Waals surface area contributed by atoms with Gasteiger partial charge in [-0.2, -0.15) is 18.2 Å². The smallest absolute Gasteiger partial charge is 0.422 e. The number of ether oxygens (including phenoxy) is 1. The highest BCUT2D eigenvalue weighted by Crippen LogP contribution is 2.22. The van der Waals surface area contributed by atoms with Crippen molar-refractivity contribution in [2.24, 2.45) is 0 Å². The molecule has 1 aromatic carbocycles. The number of aromatic nitrogens is 2. The Morgan fingerprint density at radius 3 is 2.48 bits per heavy atom. The number of alkyl halides is 3. The first-order valence-electron chi connectivity index (χ1n) is 6.20. The fraction of sp³-hybridized carbons (Fsp3) is 0.385. The average molecular weight is 301 g/mol. The van der Waals surface area contributed by atoms with Crippen molar-refractivity contribution in [1.82, 2.24) is 10.1 Å². The van der Waals surface area contributed by atoms with E-state index >= 15 is 0 Å². The molecule has 1 atom stereocenters. The molecule has 0 radical (unpaired) electrons. The summed E-state index contributed by atoms with van der Waals surface area (Å²) in [5.41, 5.74) is 0.706. The van der Waals surface area contributed by atoms with Gasteiger partial charge in [-0.3, -0.25) is 0 Å². The van der Waals surface area contributed by atoms with Gasteiger partial charge in [0.25, 0.3) is 0 Å². The molecule has 0 spiro atoms. The second-order valence-electron chi connectivity index (χ2n) is 4.47. The van der Waals surface area contributed by atoms with Crippen molar-refractivity contribution >= 4 is 5.69 Å². The molecule has 5 nitrogen and oxygen atoms in total. The van der Waals surface area contributed by atoms with Crippen LogP contribution in [0.2, 0.25) is 0 Å². The molecule has 0 aliphatic carbocycles. The molecular formula is C13H14F3N3O2. The number of anilines is 1. The van der Waals surface area contributed by atoms with Gasteiger partial charge in [-0.05, 0) is 38.1 Å². The molecule has 114 valence electrons. The molecule has 1 unspecified atom stereocenters. The maximum atomic E-state index is 12.0. The zero-order chi connectivity index (χ0) is 15.5. The normalized spacial score (nSPS) is 13.0. The fourth-order valence-electron chi connectivity index (χ4n) is 1.61. The standard InChI is InChI=1S/C13H14F3N3O2/c1-8(12-18-9(2)19-21-12)17-10-3-5-11(6-4-10)20-7-13(14,15)16/h3-6,8,17H,7H2,1-2H3. The second kappa shape index (κ2) is 6.02. The van der Waals surface area contributed by atoms with Crippen LogP contribution in [0.25, 0.3) is 0 Å². The number of benzene rings is 1. The van der Waals surface area contributed by atoms with Crippen molar-refractivity contribution in [3.63, 3.8) is 0 Å². The van der Waals surface area contributed by atoms with Crippen molar-refractivity contribution in [2.45, 2.75) is 26.1 Å². The van der Waals surface area contributed by atoms with Gasteiger partial charge in [-0.15, -0.1) is 0 Å². The highest BCUT2D eigenvalue weighted by Gasteiger charge is 2.28. The van der Waals surface area contributed by atoms with E-state index in [-0.39, 0.29) is 11.8 Å². The first kappa shape index (κ1) is 15.1. The Kier molecular flexibility index (Phi) is 4.35. The van der Waals surface area contributed by atoms with Gasteiger partial charge >= 0.3 is 6.18 Å². The van der Waals surface area contributed by atoms with Crippen LogP contribution in [0, 0.1) is 6.92 Å². The maximum absolute atomic E-state index is 12.0. The number of halogens is 3. The molecule has 0 fully saturated rings. The van der Waals surface area contributed by atoms with Gasteiger partial charge < -0.3 is 14.6 Å². The van der Waals surface area contributed by atoms with Crippen LogP contribution in [0.4, 0.5) is 18.9 Å². The Hall–Kier alpha value is -2.25. The minimum absolute atomic E-state index is 0.152. The summed E-state index contributed by atoms with van der Waals surface area (Å²) in [4.78, 5) is 4.09. The van der Waals surface area contributed by atoms with Crippen LogP contribution in [0.5, 0.6) is 5.75 Å². The van der Waals surface area contributed by atoms with Crippen LogP contribution in [-0.4, -0.2) is 22.9 Å². The Labute approximate surface area is 119 Å². The van der Waals surface area contributed by atoms with Crippen LogP contribution in [0.3, 0.4) is 0 Å². The minimum atomic E-state index is -4.35. The predicted octanol–water partition coefficient (Wildman–Crippen LogP) is 3.49. The summed E-state index contributed by atoms with van der Waals surface area (Å²) in [6, 6.07) is 5.93. The third-order valence-electron chi connectivity index (χ3n) is 2.55. The molecule has 0 amide bonds. The molecule has 1 aromatic heterocycles. The van der Waals surface area contributed by atoms with E-state index in [0.717, 1.165) is 0 Å². The lowest BCUT2D eigenvalue weighted by Gasteiger charge is -2.12. The summed E-state index contributed by atoms with van der Waals surface area (Å²) < 4.78 is 45.7. The zero-order valence-electron chi connectivity index (χ0n) is 11.4. The zero-order valence-corrected chi connectivity index (χ0v) is 11.4. The van der Waals surface area contributed by atoms with Gasteiger partial charge in [0, 0.05) is 5.69 Å². The predicted molar refractivity (Wildman–Crippen MR) is 69.1 cm³/mol. The average Bonchev–Trinajstić information content (AvgIpc) is 2.84. The molecule has 2 rings (SSSR count). The lowest BCUT2D eigenvalue weighted by atomic mass is 10.2. The fourth-order valence-corrected chi connectivity index (χ4v) is 1.61. The summed E-state index contributed by atoms with van der Waals surface area (Å²) in [5.74, 6) is 1.12. The third-order valence-corrected chi connectivity index (χ3v) is 2.55. The van der Waals surface area contributed by atoms with E-state index in [2.05, 4.69) is 20.2 Å². The van der Waals surface area contributed by atoms with E-state index in [1.165, 1.54) is 12.1 Å². The first-order valence-corrected chi connectivity index (χ1v) is 6.20. The molecule has 2 aromatic rings. The van der Waals surface area contributed by atoms with Crippen LogP contribution >= 0.6 is 0 Å². The van der Waals surface area contributed by atoms with Crippen molar-refractivity contribution in [2.75, 3.05) is 11.9 Å². The Morgan fingerprint density at radius 2 is 1.95 bits per heavy atom. The monoisotopic (exact) mass is 301 g/mol. The number of rotatable bonds is 5. The van der Waals surface area contributed by atoms with Crippen molar-refractivity contribution in [3.05, 3.63) is 36.0 Å². The number of hydrogen-bond acceptors (Lipinski definition) is 5. The SMILES string of the molecule is Cc1noc(C(C)Nc2ccc(OCC(F)(F)F)cc2)n1. The Bertz CT molecular complexity index is 581. The van der Waals surface area contributed by atoms with Gasteiger partial charge in [0.15, 0.2) is 12.4 Å². The Balaban J connectivity index is 1.93. The number of nitrogens with one attached hydrogen (secondary N) is 1. The molecule has 0 saturated heterocycles. The molecular weight excluding hydrogens is 287 g/mol. The van der Waals surface area contributed by atoms with Gasteiger partial charge in [-0.25, -0.2) is 0 Å². The van der Waals surface area contributed by atoms with Gasteiger partial charge in [0.1, 0.15) is 11.8 Å². The lowest BCUT2D eigenvalue weighted by Crippen LogP contribution is -2.19. The molecule has 0 bridgehead atoms. The summed E-state index contributed by atoms with van der Waals surface area (Å²) in [6.45, 7) is 2.24. The second-order valence-corrected chi connectivity index (χ2v) is 4.47. The molecule has 1 N–H and O–H groups in total. The first-order chi connectivity index (χ1) is 9.83. The maximum Gasteiger partial charge on any atom is 0.422 e. The van der Waals surface area contributed by atoms with E-state index in [1.54, 1.807) is 19.1 Å². The van der Waals surface area contributed by atoms with E-state index in [9.17, 15) is 13.2 Å². The lowest BCUT2D eigenvalue weighted by molar-refractivity contribution is -0.153. The van der Waals surface area contributed by atoms with Gasteiger partial charge in [0.2, 0.25) is 5.89 Å². The molecule has 8 heteroatoms. The van der Waals surface area contributed by atoms with E-state index in [0.29, 0.717) is 17.4 Å². The number of aryl methyl sites for hydroxylation is 1. The molecule has 21 heavy (non-hydrogen) atoms. The molecule has 0 saturated carbocycles. The van der Waals surface area contributed by atoms with Gasteiger partial charge in [-0.1, -0.05) is 5.16 Å². The largest absolute Gasteiger partial charge is 0.484 e. The quantitative estimate of drug-likeness (QED) is 0.916. The molecule has 1 heterocycles. The summed E-state index contributed by atoms with van der Waals surface area (Å²) in [5, 5.41) is 6.79. The summed E-state index contributed by atoms with van der Waals surface area (Å²) in [6.07, 6.45) is -4.35. The van der Waals surface area contributed by atoms with Crippen molar-refractivity contribution in [3.8, 4) is 5.75 Å².